The summed E-state index contributed by atoms with van der Waals surface area (Å²) in [7, 11) is 0. The van der Waals surface area contributed by atoms with Crippen molar-refractivity contribution < 1.29 is 0 Å². The van der Waals surface area contributed by atoms with Gasteiger partial charge in [-0.3, -0.25) is 10.2 Å². The van der Waals surface area contributed by atoms with Gasteiger partial charge in [-0.15, -0.1) is 0 Å². The summed E-state index contributed by atoms with van der Waals surface area (Å²) in [6, 6.07) is 1.92. The van der Waals surface area contributed by atoms with E-state index in [0.717, 1.165) is 5.69 Å². The molecule has 4 heteroatoms. The van der Waals surface area contributed by atoms with Crippen LogP contribution in [0.4, 0.5) is 0 Å². The van der Waals surface area contributed by atoms with Crippen LogP contribution in [0.1, 0.15) is 11.3 Å². The Balaban J connectivity index is 0.000000120. The summed E-state index contributed by atoms with van der Waals surface area (Å²) in [6.45, 7) is 3.95. The standard InChI is InChI=1S/2C4H6N2/c1-4-2-5-6-3-4;1-4-2-3-5-6-4/h2*2-3H,1H3,(H,5,6). The lowest BCUT2D eigenvalue weighted by molar-refractivity contribution is 1.05. The Labute approximate surface area is 71.0 Å². The number of nitrogens with one attached hydrogen (secondary N) is 2. The van der Waals surface area contributed by atoms with Gasteiger partial charge in [0, 0.05) is 18.1 Å². The van der Waals surface area contributed by atoms with Crippen LogP contribution in [0, 0.1) is 13.8 Å². The van der Waals surface area contributed by atoms with Gasteiger partial charge in [-0.05, 0) is 25.5 Å². The molecular weight excluding hydrogens is 152 g/mol. The van der Waals surface area contributed by atoms with Crippen LogP contribution in [-0.4, -0.2) is 20.4 Å². The number of hydrogen-bond donors (Lipinski definition) is 2. The normalized spacial score (nSPS) is 8.83. The van der Waals surface area contributed by atoms with Gasteiger partial charge in [0.1, 0.15) is 0 Å². The molecule has 0 unspecified atom stereocenters. The van der Waals surface area contributed by atoms with Gasteiger partial charge in [0.05, 0.1) is 6.20 Å². The van der Waals surface area contributed by atoms with E-state index in [4.69, 9.17) is 0 Å². The number of H-pyrrole nitrogens is 2. The molecule has 2 aromatic rings. The van der Waals surface area contributed by atoms with Crippen molar-refractivity contribution in [2.75, 3.05) is 0 Å². The minimum Gasteiger partial charge on any atom is -0.285 e. The molecule has 0 bridgehead atoms. The van der Waals surface area contributed by atoms with Crippen molar-refractivity contribution in [3.63, 3.8) is 0 Å². The predicted octanol–water partition coefficient (Wildman–Crippen LogP) is 1.44. The zero-order valence-corrected chi connectivity index (χ0v) is 7.20. The minimum atomic E-state index is 1.11. The van der Waals surface area contributed by atoms with E-state index in [2.05, 4.69) is 20.4 Å². The van der Waals surface area contributed by atoms with Crippen LogP contribution in [0.3, 0.4) is 0 Å². The highest BCUT2D eigenvalue weighted by molar-refractivity contribution is 4.96. The van der Waals surface area contributed by atoms with Gasteiger partial charge < -0.3 is 0 Å². The summed E-state index contributed by atoms with van der Waals surface area (Å²) in [5.74, 6) is 0. The first-order chi connectivity index (χ1) is 5.79. The summed E-state index contributed by atoms with van der Waals surface area (Å²) in [5, 5.41) is 12.8. The molecule has 64 valence electrons. The molecule has 2 rings (SSSR count). The Kier molecular flexibility index (Phi) is 3.07. The fourth-order valence-electron chi connectivity index (χ4n) is 0.641. The van der Waals surface area contributed by atoms with E-state index in [0.29, 0.717) is 0 Å². The summed E-state index contributed by atoms with van der Waals surface area (Å²) >= 11 is 0. The fourth-order valence-corrected chi connectivity index (χ4v) is 0.641. The molecule has 0 aliphatic carbocycles. The molecule has 0 atom stereocenters. The summed E-state index contributed by atoms with van der Waals surface area (Å²) in [5.41, 5.74) is 2.28. The molecule has 0 saturated heterocycles. The monoisotopic (exact) mass is 164 g/mol. The van der Waals surface area contributed by atoms with Crippen LogP contribution in [0.5, 0.6) is 0 Å². The predicted molar refractivity (Wildman–Crippen MR) is 46.6 cm³/mol. The number of hydrogen-bond acceptors (Lipinski definition) is 2. The highest BCUT2D eigenvalue weighted by Gasteiger charge is 1.74. The topological polar surface area (TPSA) is 57.4 Å². The second-order valence-electron chi connectivity index (χ2n) is 2.52. The Morgan fingerprint density at radius 3 is 2.25 bits per heavy atom. The maximum absolute atomic E-state index is 3.70. The van der Waals surface area contributed by atoms with Crippen LogP contribution in [0.15, 0.2) is 24.7 Å². The fraction of sp³-hybridized carbons (Fsp3) is 0.250. The number of nitrogens with zero attached hydrogens (tertiary/aromatic N) is 2. The molecule has 2 heterocycles. The third-order valence-electron chi connectivity index (χ3n) is 1.27. The van der Waals surface area contributed by atoms with E-state index in [1.54, 1.807) is 12.4 Å². The second kappa shape index (κ2) is 4.33. The number of aromatic nitrogens is 4. The van der Waals surface area contributed by atoms with Gasteiger partial charge in [-0.2, -0.15) is 10.2 Å². The van der Waals surface area contributed by atoms with Crippen molar-refractivity contribution in [3.8, 4) is 0 Å². The van der Waals surface area contributed by atoms with Crippen molar-refractivity contribution in [1.29, 1.82) is 0 Å². The molecule has 12 heavy (non-hydrogen) atoms. The first-order valence-electron chi connectivity index (χ1n) is 3.70. The lowest BCUT2D eigenvalue weighted by Crippen LogP contribution is -1.65. The van der Waals surface area contributed by atoms with Crippen molar-refractivity contribution in [3.05, 3.63) is 35.9 Å². The minimum absolute atomic E-state index is 1.11. The Hall–Kier alpha value is -1.58. The van der Waals surface area contributed by atoms with E-state index in [1.165, 1.54) is 5.56 Å². The van der Waals surface area contributed by atoms with Crippen LogP contribution < -0.4 is 0 Å². The SMILES string of the molecule is Cc1ccn[nH]1.Cc1cn[nH]c1. The van der Waals surface area contributed by atoms with Gasteiger partial charge >= 0.3 is 0 Å². The zero-order chi connectivity index (χ0) is 8.81. The first kappa shape index (κ1) is 8.52. The van der Waals surface area contributed by atoms with Gasteiger partial charge in [-0.1, -0.05) is 0 Å². The van der Waals surface area contributed by atoms with Crippen LogP contribution in [0.2, 0.25) is 0 Å². The summed E-state index contributed by atoms with van der Waals surface area (Å²) in [4.78, 5) is 0. The quantitative estimate of drug-likeness (QED) is 0.619. The molecule has 0 fully saturated rings. The Bertz CT molecular complexity index is 250. The van der Waals surface area contributed by atoms with E-state index in [-0.39, 0.29) is 0 Å². The smallest absolute Gasteiger partial charge is 0.0516 e. The van der Waals surface area contributed by atoms with Crippen molar-refractivity contribution in [2.24, 2.45) is 0 Å². The first-order valence-corrected chi connectivity index (χ1v) is 3.70. The molecule has 2 N–H and O–H groups in total. The zero-order valence-electron chi connectivity index (χ0n) is 7.20. The lowest BCUT2D eigenvalue weighted by atomic mass is 10.4. The highest BCUT2D eigenvalue weighted by Crippen LogP contribution is 1.84. The van der Waals surface area contributed by atoms with Gasteiger partial charge in [0.25, 0.3) is 0 Å². The number of rotatable bonds is 0. The molecule has 0 aromatic carbocycles. The molecule has 0 aliphatic rings. The molecule has 0 spiro atoms. The maximum Gasteiger partial charge on any atom is 0.0516 e. The average molecular weight is 164 g/mol. The van der Waals surface area contributed by atoms with E-state index < -0.39 is 0 Å². The average Bonchev–Trinajstić information content (AvgIpc) is 2.63. The highest BCUT2D eigenvalue weighted by atomic mass is 15.1. The van der Waals surface area contributed by atoms with Crippen molar-refractivity contribution in [2.45, 2.75) is 13.8 Å². The molecular formula is C8H12N4. The van der Waals surface area contributed by atoms with Crippen LogP contribution in [-0.2, 0) is 0 Å². The van der Waals surface area contributed by atoms with Crippen molar-refractivity contribution in [1.82, 2.24) is 20.4 Å². The number of aryl methyl sites for hydroxylation is 2. The molecule has 0 radical (unpaired) electrons. The van der Waals surface area contributed by atoms with E-state index in [1.807, 2.05) is 26.1 Å². The lowest BCUT2D eigenvalue weighted by Gasteiger charge is -1.68. The summed E-state index contributed by atoms with van der Waals surface area (Å²) < 4.78 is 0. The molecule has 0 saturated carbocycles. The van der Waals surface area contributed by atoms with Crippen LogP contribution >= 0.6 is 0 Å². The maximum atomic E-state index is 3.70. The Morgan fingerprint density at radius 2 is 2.08 bits per heavy atom. The van der Waals surface area contributed by atoms with Gasteiger partial charge in [-0.25, -0.2) is 0 Å². The van der Waals surface area contributed by atoms with E-state index in [9.17, 15) is 0 Å². The van der Waals surface area contributed by atoms with E-state index >= 15 is 0 Å². The molecule has 0 amide bonds. The van der Waals surface area contributed by atoms with Crippen molar-refractivity contribution >= 4 is 0 Å². The summed E-state index contributed by atoms with van der Waals surface area (Å²) in [6.07, 6.45) is 5.36. The third-order valence-corrected chi connectivity index (χ3v) is 1.27. The second-order valence-corrected chi connectivity index (χ2v) is 2.52. The van der Waals surface area contributed by atoms with Crippen LogP contribution in [0.25, 0.3) is 0 Å². The molecule has 4 nitrogen and oxygen atoms in total. The number of aromatic amines is 2. The molecule has 2 aromatic heterocycles. The third kappa shape index (κ3) is 3.01. The van der Waals surface area contributed by atoms with Gasteiger partial charge in [0.2, 0.25) is 0 Å². The largest absolute Gasteiger partial charge is 0.285 e. The Morgan fingerprint density at radius 1 is 1.25 bits per heavy atom. The molecule has 0 aliphatic heterocycles. The van der Waals surface area contributed by atoms with Gasteiger partial charge in [0.15, 0.2) is 0 Å².